The molecule has 0 aromatic carbocycles. The summed E-state index contributed by atoms with van der Waals surface area (Å²) in [5.74, 6) is -0.758. The van der Waals surface area contributed by atoms with E-state index in [1.54, 1.807) is 0 Å². The predicted octanol–water partition coefficient (Wildman–Crippen LogP) is 2.84. The summed E-state index contributed by atoms with van der Waals surface area (Å²) < 4.78 is 11.6. The van der Waals surface area contributed by atoms with Crippen molar-refractivity contribution in [1.29, 1.82) is 5.26 Å². The van der Waals surface area contributed by atoms with Gasteiger partial charge >= 0.3 is 5.97 Å². The monoisotopic (exact) mass is 370 g/mol. The summed E-state index contributed by atoms with van der Waals surface area (Å²) in [7, 11) is 0. The van der Waals surface area contributed by atoms with Crippen molar-refractivity contribution in [1.82, 2.24) is 9.72 Å². The smallest absolute Gasteiger partial charge is 0.349 e. The van der Waals surface area contributed by atoms with Gasteiger partial charge < -0.3 is 19.1 Å². The van der Waals surface area contributed by atoms with E-state index >= 15 is 0 Å². The number of aromatic nitrogens is 2. The quantitative estimate of drug-likeness (QED) is 0.456. The van der Waals surface area contributed by atoms with Crippen LogP contribution >= 0.6 is 0 Å². The second-order valence-corrected chi connectivity index (χ2v) is 6.51. The summed E-state index contributed by atoms with van der Waals surface area (Å²) in [6, 6.07) is 5.20. The number of ether oxygens (including phenoxy) is 1. The van der Waals surface area contributed by atoms with E-state index in [9.17, 15) is 14.9 Å². The number of nitriles is 1. The summed E-state index contributed by atoms with van der Waals surface area (Å²) in [5.41, 5.74) is 2.61. The first kappa shape index (κ1) is 20.0. The number of hydrogen-bond acceptors (Lipinski definition) is 6. The highest BCUT2D eigenvalue weighted by molar-refractivity contribution is 6.00. The molecule has 0 saturated carbocycles. The fourth-order valence-corrected chi connectivity index (χ4v) is 2.58. The highest BCUT2D eigenvalue weighted by atomic mass is 16.5. The van der Waals surface area contributed by atoms with Gasteiger partial charge in [-0.1, -0.05) is 19.0 Å². The number of nitrogens with zero attached hydrogens (tertiary/aromatic N) is 3. The van der Waals surface area contributed by atoms with Crippen LogP contribution in [0.2, 0.25) is 0 Å². The van der Waals surface area contributed by atoms with Gasteiger partial charge in [0.15, 0.2) is 12.4 Å². The van der Waals surface area contributed by atoms with Crippen molar-refractivity contribution in [3.8, 4) is 6.07 Å². The number of amides is 1. The van der Waals surface area contributed by atoms with Gasteiger partial charge in [-0.3, -0.25) is 4.79 Å². The summed E-state index contributed by atoms with van der Waals surface area (Å²) in [6.45, 7) is 8.47. The van der Waals surface area contributed by atoms with Gasteiger partial charge in [-0.25, -0.2) is 4.79 Å². The Morgan fingerprint density at radius 1 is 1.44 bits per heavy atom. The summed E-state index contributed by atoms with van der Waals surface area (Å²) >= 11 is 0. The Hall–Kier alpha value is -3.34. The summed E-state index contributed by atoms with van der Waals surface area (Å²) in [4.78, 5) is 23.8. The molecule has 0 spiro atoms. The molecule has 0 fully saturated rings. The van der Waals surface area contributed by atoms with Gasteiger partial charge in [0, 0.05) is 24.0 Å². The third kappa shape index (κ3) is 5.31. The third-order valence-electron chi connectivity index (χ3n) is 3.84. The zero-order chi connectivity index (χ0) is 20.0. The maximum atomic E-state index is 12.1. The van der Waals surface area contributed by atoms with Crippen LogP contribution in [0.5, 0.6) is 0 Å². The molecule has 142 valence electrons. The number of aryl methyl sites for hydroxylation is 1. The lowest BCUT2D eigenvalue weighted by Gasteiger charge is -2.12. The Bertz CT molecular complexity index is 886. The molecule has 0 aliphatic rings. The van der Waals surface area contributed by atoms with Crippen molar-refractivity contribution in [2.75, 3.05) is 11.9 Å². The van der Waals surface area contributed by atoms with Gasteiger partial charge in [0.25, 0.3) is 5.91 Å². The second-order valence-electron chi connectivity index (χ2n) is 6.51. The lowest BCUT2D eigenvalue weighted by molar-refractivity contribution is -0.142. The molecule has 0 aliphatic carbocycles. The molecule has 0 unspecified atom stereocenters. The van der Waals surface area contributed by atoms with E-state index in [0.29, 0.717) is 5.92 Å². The molecule has 27 heavy (non-hydrogen) atoms. The Morgan fingerprint density at radius 2 is 2.19 bits per heavy atom. The Labute approximate surface area is 157 Å². The van der Waals surface area contributed by atoms with Crippen LogP contribution in [0.1, 0.15) is 30.8 Å². The zero-order valence-corrected chi connectivity index (χ0v) is 15.8. The van der Waals surface area contributed by atoms with Crippen LogP contribution in [0.15, 0.2) is 28.5 Å². The van der Waals surface area contributed by atoms with E-state index in [1.807, 2.05) is 26.0 Å². The molecule has 2 heterocycles. The van der Waals surface area contributed by atoms with Crippen LogP contribution in [0, 0.1) is 31.1 Å². The first-order chi connectivity index (χ1) is 12.8. The molecule has 0 atom stereocenters. The van der Waals surface area contributed by atoms with Crippen molar-refractivity contribution >= 4 is 23.8 Å². The normalized spacial score (nSPS) is 11.3. The van der Waals surface area contributed by atoms with Crippen LogP contribution in [0.3, 0.4) is 0 Å². The molecule has 8 nitrogen and oxygen atoms in total. The zero-order valence-electron chi connectivity index (χ0n) is 15.8. The van der Waals surface area contributed by atoms with E-state index < -0.39 is 18.5 Å². The van der Waals surface area contributed by atoms with E-state index in [-0.39, 0.29) is 11.4 Å². The SMILES string of the molecule is Cc1cc(/C=C(\C#N)C(=O)OCC(=O)Nc2ccon2)c(C)n1CC(C)C. The number of anilines is 1. The predicted molar refractivity (Wildman–Crippen MR) is 98.4 cm³/mol. The average Bonchev–Trinajstić information content (AvgIpc) is 3.21. The lowest BCUT2D eigenvalue weighted by Crippen LogP contribution is -2.21. The van der Waals surface area contributed by atoms with E-state index in [4.69, 9.17) is 4.74 Å². The first-order valence-corrected chi connectivity index (χ1v) is 8.47. The van der Waals surface area contributed by atoms with E-state index in [0.717, 1.165) is 23.5 Å². The second kappa shape index (κ2) is 8.85. The van der Waals surface area contributed by atoms with Crippen molar-refractivity contribution in [2.24, 2.45) is 5.92 Å². The molecule has 1 amide bonds. The van der Waals surface area contributed by atoms with Gasteiger partial charge in [0.05, 0.1) is 0 Å². The van der Waals surface area contributed by atoms with Crippen molar-refractivity contribution in [2.45, 2.75) is 34.2 Å². The molecule has 0 saturated heterocycles. The van der Waals surface area contributed by atoms with Crippen LogP contribution in [0.4, 0.5) is 5.82 Å². The molecule has 2 aromatic heterocycles. The number of esters is 1. The Morgan fingerprint density at radius 3 is 2.78 bits per heavy atom. The highest BCUT2D eigenvalue weighted by Crippen LogP contribution is 2.20. The molecule has 2 aromatic rings. The van der Waals surface area contributed by atoms with Crippen LogP contribution in [-0.4, -0.2) is 28.2 Å². The van der Waals surface area contributed by atoms with Gasteiger partial charge in [0.1, 0.15) is 17.9 Å². The van der Waals surface area contributed by atoms with Crippen molar-refractivity contribution in [3.63, 3.8) is 0 Å². The standard InChI is InChI=1S/C19H22N4O4/c1-12(2)10-23-13(3)7-15(14(23)4)8-16(9-20)19(25)26-11-18(24)21-17-5-6-27-22-17/h5-8,12H,10-11H2,1-4H3,(H,21,22,24)/b16-8+. The number of nitrogens with one attached hydrogen (secondary N) is 1. The molecule has 0 bridgehead atoms. The fourth-order valence-electron chi connectivity index (χ4n) is 2.58. The highest BCUT2D eigenvalue weighted by Gasteiger charge is 2.16. The molecule has 8 heteroatoms. The minimum atomic E-state index is -0.860. The molecule has 2 rings (SSSR count). The number of hydrogen-bond donors (Lipinski definition) is 1. The van der Waals surface area contributed by atoms with Crippen molar-refractivity contribution < 1.29 is 18.8 Å². The van der Waals surface area contributed by atoms with E-state index in [1.165, 1.54) is 18.4 Å². The van der Waals surface area contributed by atoms with Crippen LogP contribution in [0.25, 0.3) is 6.08 Å². The number of carbonyl (C=O) groups is 2. The maximum absolute atomic E-state index is 12.1. The average molecular weight is 370 g/mol. The summed E-state index contributed by atoms with van der Waals surface area (Å²) in [6.07, 6.45) is 2.78. The minimum Gasteiger partial charge on any atom is -0.451 e. The fraction of sp³-hybridized carbons (Fsp3) is 0.368. The van der Waals surface area contributed by atoms with E-state index in [2.05, 4.69) is 33.4 Å². The number of rotatable bonds is 7. The van der Waals surface area contributed by atoms with Crippen LogP contribution in [-0.2, 0) is 20.9 Å². The lowest BCUT2D eigenvalue weighted by atomic mass is 10.1. The van der Waals surface area contributed by atoms with Gasteiger partial charge in [-0.05, 0) is 37.5 Å². The minimum absolute atomic E-state index is 0.172. The topological polar surface area (TPSA) is 110 Å². The van der Waals surface area contributed by atoms with Gasteiger partial charge in [0.2, 0.25) is 0 Å². The summed E-state index contributed by atoms with van der Waals surface area (Å²) in [5, 5.41) is 15.2. The molecular formula is C19H22N4O4. The maximum Gasteiger partial charge on any atom is 0.349 e. The largest absolute Gasteiger partial charge is 0.451 e. The Balaban J connectivity index is 2.06. The number of carbonyl (C=O) groups excluding carboxylic acids is 2. The Kier molecular flexibility index (Phi) is 6.55. The van der Waals surface area contributed by atoms with Crippen LogP contribution < -0.4 is 5.32 Å². The molecule has 1 N–H and O–H groups in total. The molecule has 0 aliphatic heterocycles. The van der Waals surface area contributed by atoms with Crippen molar-refractivity contribution in [3.05, 3.63) is 40.9 Å². The molecular weight excluding hydrogens is 348 g/mol. The molecule has 0 radical (unpaired) electrons. The first-order valence-electron chi connectivity index (χ1n) is 8.47. The van der Waals surface area contributed by atoms with Gasteiger partial charge in [-0.2, -0.15) is 5.26 Å². The third-order valence-corrected chi connectivity index (χ3v) is 3.84. The van der Waals surface area contributed by atoms with Gasteiger partial charge in [-0.15, -0.1) is 0 Å².